The van der Waals surface area contributed by atoms with E-state index in [0.29, 0.717) is 16.5 Å². The fourth-order valence-corrected chi connectivity index (χ4v) is 2.35. The summed E-state index contributed by atoms with van der Waals surface area (Å²) in [6.07, 6.45) is -4.47. The fraction of sp³-hybridized carbons (Fsp3) is 0.133. The van der Waals surface area contributed by atoms with Crippen LogP contribution in [-0.2, 0) is 6.18 Å². The lowest BCUT2D eigenvalue weighted by molar-refractivity contribution is -0.136. The molecule has 0 radical (unpaired) electrons. The first-order valence-electron chi connectivity index (χ1n) is 6.39. The molecule has 0 unspecified atom stereocenters. The summed E-state index contributed by atoms with van der Waals surface area (Å²) in [7, 11) is 1.48. The summed E-state index contributed by atoms with van der Waals surface area (Å²) in [4.78, 5) is 0. The second-order valence-corrected chi connectivity index (χ2v) is 5.29. The summed E-state index contributed by atoms with van der Waals surface area (Å²) in [5.74, 6) is 0.485. The molecule has 8 heteroatoms. The Morgan fingerprint density at radius 3 is 2.43 bits per heavy atom. The van der Waals surface area contributed by atoms with E-state index in [1.165, 1.54) is 25.3 Å². The van der Waals surface area contributed by atoms with Crippen molar-refractivity contribution >= 4 is 40.3 Å². The smallest absolute Gasteiger partial charge is 0.418 e. The summed E-state index contributed by atoms with van der Waals surface area (Å²) < 4.78 is 43.8. The molecule has 0 bridgehead atoms. The van der Waals surface area contributed by atoms with Gasteiger partial charge < -0.3 is 15.4 Å². The predicted octanol–water partition coefficient (Wildman–Crippen LogP) is 5.18. The molecule has 0 aliphatic heterocycles. The SMILES string of the molecule is COc1ccc(NC(=S)Nc2ccccc2C(F)(F)F)cc1Cl. The van der Waals surface area contributed by atoms with Crippen LogP contribution in [0.25, 0.3) is 0 Å². The minimum atomic E-state index is -4.47. The van der Waals surface area contributed by atoms with Crippen LogP contribution in [-0.4, -0.2) is 12.2 Å². The first-order chi connectivity index (χ1) is 10.8. The Morgan fingerprint density at radius 1 is 1.13 bits per heavy atom. The van der Waals surface area contributed by atoms with Crippen molar-refractivity contribution in [2.24, 2.45) is 0 Å². The highest BCUT2D eigenvalue weighted by molar-refractivity contribution is 7.80. The number of halogens is 4. The van der Waals surface area contributed by atoms with Gasteiger partial charge in [0.2, 0.25) is 0 Å². The van der Waals surface area contributed by atoms with E-state index in [9.17, 15) is 13.2 Å². The molecule has 0 saturated carbocycles. The molecule has 2 aromatic carbocycles. The number of alkyl halides is 3. The monoisotopic (exact) mass is 360 g/mol. The van der Waals surface area contributed by atoms with Crippen LogP contribution < -0.4 is 15.4 Å². The van der Waals surface area contributed by atoms with Crippen LogP contribution in [0, 0.1) is 0 Å². The average molecular weight is 361 g/mol. The number of hydrogen-bond acceptors (Lipinski definition) is 2. The van der Waals surface area contributed by atoms with Crippen molar-refractivity contribution in [3.8, 4) is 5.75 Å². The van der Waals surface area contributed by atoms with E-state index in [1.807, 2.05) is 0 Å². The third-order valence-electron chi connectivity index (χ3n) is 2.89. The zero-order valence-corrected chi connectivity index (χ0v) is 13.4. The van der Waals surface area contributed by atoms with Gasteiger partial charge in [0.05, 0.1) is 23.4 Å². The van der Waals surface area contributed by atoms with Gasteiger partial charge in [-0.05, 0) is 42.5 Å². The Balaban J connectivity index is 2.13. The van der Waals surface area contributed by atoms with Gasteiger partial charge in [-0.25, -0.2) is 0 Å². The van der Waals surface area contributed by atoms with E-state index in [1.54, 1.807) is 18.2 Å². The van der Waals surface area contributed by atoms with Crippen LogP contribution in [0.3, 0.4) is 0 Å². The van der Waals surface area contributed by atoms with Gasteiger partial charge in [0.1, 0.15) is 5.75 Å². The first kappa shape index (κ1) is 17.4. The summed E-state index contributed by atoms with van der Waals surface area (Å²) in [5.41, 5.74) is -0.396. The van der Waals surface area contributed by atoms with Crippen molar-refractivity contribution in [3.63, 3.8) is 0 Å². The molecule has 0 amide bonds. The highest BCUT2D eigenvalue weighted by Gasteiger charge is 2.33. The van der Waals surface area contributed by atoms with E-state index in [4.69, 9.17) is 28.6 Å². The summed E-state index contributed by atoms with van der Waals surface area (Å²) in [5, 5.41) is 5.69. The number of anilines is 2. The molecule has 0 spiro atoms. The third-order valence-corrected chi connectivity index (χ3v) is 3.39. The lowest BCUT2D eigenvalue weighted by atomic mass is 10.1. The molecule has 0 aliphatic rings. The summed E-state index contributed by atoms with van der Waals surface area (Å²) in [6, 6.07) is 9.92. The summed E-state index contributed by atoms with van der Waals surface area (Å²) in [6.45, 7) is 0. The largest absolute Gasteiger partial charge is 0.495 e. The number of rotatable bonds is 3. The number of thiocarbonyl (C=S) groups is 1. The van der Waals surface area contributed by atoms with Crippen LogP contribution in [0.15, 0.2) is 42.5 Å². The van der Waals surface area contributed by atoms with E-state index < -0.39 is 11.7 Å². The van der Waals surface area contributed by atoms with Crippen molar-refractivity contribution in [1.82, 2.24) is 0 Å². The topological polar surface area (TPSA) is 33.3 Å². The normalized spacial score (nSPS) is 11.0. The highest BCUT2D eigenvalue weighted by atomic mass is 35.5. The predicted molar refractivity (Wildman–Crippen MR) is 89.3 cm³/mol. The van der Waals surface area contributed by atoms with Crippen LogP contribution in [0.2, 0.25) is 5.02 Å². The third kappa shape index (κ3) is 4.49. The van der Waals surface area contributed by atoms with Crippen molar-refractivity contribution in [2.75, 3.05) is 17.7 Å². The average Bonchev–Trinajstić information content (AvgIpc) is 2.46. The van der Waals surface area contributed by atoms with Crippen LogP contribution in [0.4, 0.5) is 24.5 Å². The van der Waals surface area contributed by atoms with Gasteiger partial charge in [0.25, 0.3) is 0 Å². The molecule has 2 aromatic rings. The van der Waals surface area contributed by atoms with Gasteiger partial charge in [-0.1, -0.05) is 23.7 Å². The number of hydrogen-bond donors (Lipinski definition) is 2. The van der Waals surface area contributed by atoms with Crippen molar-refractivity contribution < 1.29 is 17.9 Å². The molecule has 0 fully saturated rings. The van der Waals surface area contributed by atoms with Crippen molar-refractivity contribution in [2.45, 2.75) is 6.18 Å². The number of benzene rings is 2. The Kier molecular flexibility index (Phi) is 5.33. The molecular formula is C15H12ClF3N2OS. The summed E-state index contributed by atoms with van der Waals surface area (Å²) >= 11 is 11.0. The molecular weight excluding hydrogens is 349 g/mol. The maximum atomic E-state index is 12.9. The molecule has 0 aliphatic carbocycles. The molecule has 2 N–H and O–H groups in total. The quantitative estimate of drug-likeness (QED) is 0.739. The molecule has 0 heterocycles. The number of ether oxygens (including phenoxy) is 1. The fourth-order valence-electron chi connectivity index (χ4n) is 1.87. The van der Waals surface area contributed by atoms with Crippen LogP contribution in [0.5, 0.6) is 5.75 Å². The maximum Gasteiger partial charge on any atom is 0.418 e. The number of methoxy groups -OCH3 is 1. The Morgan fingerprint density at radius 2 is 1.83 bits per heavy atom. The Bertz CT molecular complexity index is 722. The van der Waals surface area contributed by atoms with E-state index in [2.05, 4.69) is 10.6 Å². The van der Waals surface area contributed by atoms with Gasteiger partial charge in [-0.3, -0.25) is 0 Å². The molecule has 0 atom stereocenters. The standard InChI is InChI=1S/C15H12ClF3N2OS/c1-22-13-7-6-9(8-11(13)16)20-14(23)21-12-5-3-2-4-10(12)15(17,18)19/h2-8H,1H3,(H2,20,21,23). The molecule has 0 aromatic heterocycles. The molecule has 3 nitrogen and oxygen atoms in total. The van der Waals surface area contributed by atoms with Crippen LogP contribution >= 0.6 is 23.8 Å². The lowest BCUT2D eigenvalue weighted by Crippen LogP contribution is -2.21. The van der Waals surface area contributed by atoms with E-state index >= 15 is 0 Å². The zero-order valence-electron chi connectivity index (χ0n) is 11.9. The number of para-hydroxylation sites is 1. The first-order valence-corrected chi connectivity index (χ1v) is 7.17. The molecule has 122 valence electrons. The lowest BCUT2D eigenvalue weighted by Gasteiger charge is -2.16. The van der Waals surface area contributed by atoms with E-state index in [-0.39, 0.29) is 10.8 Å². The van der Waals surface area contributed by atoms with Crippen molar-refractivity contribution in [3.05, 3.63) is 53.1 Å². The second kappa shape index (κ2) is 7.06. The van der Waals surface area contributed by atoms with E-state index in [0.717, 1.165) is 6.07 Å². The molecule has 0 saturated heterocycles. The zero-order chi connectivity index (χ0) is 17.0. The van der Waals surface area contributed by atoms with Crippen molar-refractivity contribution in [1.29, 1.82) is 0 Å². The van der Waals surface area contributed by atoms with Gasteiger partial charge in [-0.2, -0.15) is 13.2 Å². The highest BCUT2D eigenvalue weighted by Crippen LogP contribution is 2.34. The molecule has 23 heavy (non-hydrogen) atoms. The minimum absolute atomic E-state index is 0.0166. The van der Waals surface area contributed by atoms with Crippen LogP contribution in [0.1, 0.15) is 5.56 Å². The minimum Gasteiger partial charge on any atom is -0.495 e. The van der Waals surface area contributed by atoms with Gasteiger partial charge in [0.15, 0.2) is 5.11 Å². The number of nitrogens with one attached hydrogen (secondary N) is 2. The second-order valence-electron chi connectivity index (χ2n) is 4.47. The Labute approximate surface area is 141 Å². The van der Waals surface area contributed by atoms with Gasteiger partial charge in [-0.15, -0.1) is 0 Å². The maximum absolute atomic E-state index is 12.9. The van der Waals surface area contributed by atoms with Gasteiger partial charge in [0, 0.05) is 5.69 Å². The van der Waals surface area contributed by atoms with Gasteiger partial charge >= 0.3 is 6.18 Å². The Hall–Kier alpha value is -1.99. The molecule has 2 rings (SSSR count).